The number of benzene rings is 13. The summed E-state index contributed by atoms with van der Waals surface area (Å²) < 4.78 is 9.72. The lowest BCUT2D eigenvalue weighted by Gasteiger charge is -2.42. The Morgan fingerprint density at radius 2 is 0.907 bits per heavy atom. The van der Waals surface area contributed by atoms with Gasteiger partial charge in [0.05, 0.1) is 11.2 Å². The third-order valence-electron chi connectivity index (χ3n) is 18.8. The van der Waals surface area contributed by atoms with Crippen LogP contribution in [0.4, 0.5) is 17.1 Å². The molecule has 0 atom stereocenters. The molecule has 0 N–H and O–H groups in total. The molecule has 17 rings (SSSR count). The molecule has 15 aromatic rings. The van der Waals surface area contributed by atoms with Crippen molar-refractivity contribution in [2.24, 2.45) is 0 Å². The Balaban J connectivity index is 1.10. The highest BCUT2D eigenvalue weighted by Gasteiger charge is 2.45. The van der Waals surface area contributed by atoms with Gasteiger partial charge < -0.3 is 13.9 Å². The Morgan fingerprint density at radius 3 is 1.62 bits per heavy atom. The number of hydrogen-bond donors (Lipinski definition) is 0. The van der Waals surface area contributed by atoms with E-state index in [1.165, 1.54) is 115 Å². The minimum atomic E-state index is -0.223. The second-order valence-electron chi connectivity index (χ2n) is 26.0. The standard InChI is InChI=1S/C82H61BN2O/c1-81(2,3)57-41-55(42-58(47-57)82(4,5)6)62-35-22-34-61(52-27-14-9-15-28-52)79(62)85-72-48-69-66-33-20-21-36-75(66)86-76(69)49-70(72)83-77-60(51-25-12-8-13-26-51)39-40-67-65-38-37-53(50-23-10-7-11-24-50)44-71(65)84(80(67)77)73-45-56(46-74(85)78(73)83)68-43-54-29-16-17-30-59(54)63-31-18-19-32-64(63)68/h7-49H,1-6H3. The molecule has 0 bridgehead atoms. The van der Waals surface area contributed by atoms with Crippen molar-refractivity contribution in [2.45, 2.75) is 52.4 Å². The van der Waals surface area contributed by atoms with Gasteiger partial charge in [0.1, 0.15) is 11.2 Å². The Bertz CT molecular complexity index is 5280. The number of furan rings is 1. The smallest absolute Gasteiger partial charge is 0.253 e. The van der Waals surface area contributed by atoms with Crippen molar-refractivity contribution in [3.8, 4) is 61.3 Å². The average Bonchev–Trinajstić information content (AvgIpc) is 1.31. The highest BCUT2D eigenvalue weighted by Crippen LogP contribution is 2.53. The predicted octanol–water partition coefficient (Wildman–Crippen LogP) is 20.5. The highest BCUT2D eigenvalue weighted by molar-refractivity contribution is 7.01. The van der Waals surface area contributed by atoms with Crippen molar-refractivity contribution in [3.63, 3.8) is 0 Å². The van der Waals surface area contributed by atoms with Gasteiger partial charge in [0, 0.05) is 55.3 Å². The van der Waals surface area contributed by atoms with Crippen molar-refractivity contribution >= 4 is 105 Å². The van der Waals surface area contributed by atoms with Crippen LogP contribution in [0.2, 0.25) is 0 Å². The predicted molar refractivity (Wildman–Crippen MR) is 367 cm³/mol. The quantitative estimate of drug-likeness (QED) is 0.122. The first-order chi connectivity index (χ1) is 41.9. The van der Waals surface area contributed by atoms with Gasteiger partial charge in [0.15, 0.2) is 0 Å². The van der Waals surface area contributed by atoms with Crippen LogP contribution in [0, 0.1) is 0 Å². The van der Waals surface area contributed by atoms with E-state index in [-0.39, 0.29) is 17.5 Å². The maximum atomic E-state index is 7.05. The number of nitrogens with zero attached hydrogens (tertiary/aromatic N) is 2. The van der Waals surface area contributed by atoms with Crippen molar-refractivity contribution in [1.29, 1.82) is 0 Å². The van der Waals surface area contributed by atoms with Gasteiger partial charge in [0.25, 0.3) is 6.71 Å². The number of hydrogen-bond acceptors (Lipinski definition) is 2. The number of fused-ring (bicyclic) bond motifs is 13. The zero-order chi connectivity index (χ0) is 57.7. The molecule has 2 aromatic heterocycles. The van der Waals surface area contributed by atoms with Gasteiger partial charge in [-0.1, -0.05) is 260 Å². The van der Waals surface area contributed by atoms with Crippen LogP contribution in [0.5, 0.6) is 0 Å². The number of para-hydroxylation sites is 2. The summed E-state index contributed by atoms with van der Waals surface area (Å²) in [4.78, 5) is 2.70. The van der Waals surface area contributed by atoms with Crippen LogP contribution in [0.25, 0.3) is 127 Å². The molecule has 0 aliphatic carbocycles. The zero-order valence-corrected chi connectivity index (χ0v) is 49.2. The average molecular weight is 1100 g/mol. The number of aromatic nitrogens is 1. The second kappa shape index (κ2) is 18.7. The summed E-state index contributed by atoms with van der Waals surface area (Å²) >= 11 is 0. The Hall–Kier alpha value is -10.2. The van der Waals surface area contributed by atoms with Crippen LogP contribution in [-0.2, 0) is 10.8 Å². The van der Waals surface area contributed by atoms with Gasteiger partial charge in [-0.25, -0.2) is 0 Å². The van der Waals surface area contributed by atoms with Crippen LogP contribution in [0.15, 0.2) is 265 Å². The molecule has 4 heteroatoms. The number of rotatable bonds is 6. The third kappa shape index (κ3) is 7.61. The van der Waals surface area contributed by atoms with E-state index in [4.69, 9.17) is 4.42 Å². The Morgan fingerprint density at radius 1 is 0.326 bits per heavy atom. The maximum Gasteiger partial charge on any atom is 0.253 e. The molecule has 0 unspecified atom stereocenters. The molecule has 4 heterocycles. The zero-order valence-electron chi connectivity index (χ0n) is 49.2. The van der Waals surface area contributed by atoms with Gasteiger partial charge >= 0.3 is 0 Å². The van der Waals surface area contributed by atoms with Crippen LogP contribution >= 0.6 is 0 Å². The van der Waals surface area contributed by atoms with Crippen molar-refractivity contribution < 1.29 is 4.42 Å². The summed E-state index contributed by atoms with van der Waals surface area (Å²) in [6.07, 6.45) is 0. The molecule has 0 saturated carbocycles. The summed E-state index contributed by atoms with van der Waals surface area (Å²) in [5.41, 5.74) is 26.7. The normalized spacial score (nSPS) is 13.0. The van der Waals surface area contributed by atoms with E-state index in [0.29, 0.717) is 0 Å². The first-order valence-electron chi connectivity index (χ1n) is 30.3. The number of anilines is 3. The van der Waals surface area contributed by atoms with Gasteiger partial charge in [-0.05, 0) is 147 Å². The molecule has 408 valence electrons. The van der Waals surface area contributed by atoms with Gasteiger partial charge in [-0.3, -0.25) is 0 Å². The second-order valence-corrected chi connectivity index (χ2v) is 26.0. The lowest BCUT2D eigenvalue weighted by molar-refractivity contribution is 0.569. The summed E-state index contributed by atoms with van der Waals surface area (Å²) in [5, 5.41) is 9.58. The highest BCUT2D eigenvalue weighted by atomic mass is 16.3. The van der Waals surface area contributed by atoms with E-state index in [2.05, 4.69) is 312 Å². The van der Waals surface area contributed by atoms with E-state index in [1.807, 2.05) is 0 Å². The van der Waals surface area contributed by atoms with Gasteiger partial charge in [-0.15, -0.1) is 0 Å². The molecule has 3 nitrogen and oxygen atoms in total. The third-order valence-corrected chi connectivity index (χ3v) is 18.8. The molecule has 0 spiro atoms. The Labute approximate surface area is 502 Å². The molecule has 0 radical (unpaired) electrons. The fourth-order valence-electron chi connectivity index (χ4n) is 14.6. The van der Waals surface area contributed by atoms with Crippen molar-refractivity contribution in [2.75, 3.05) is 4.90 Å². The fraction of sp³-hybridized carbons (Fsp3) is 0.0976. The first kappa shape index (κ1) is 50.4. The largest absolute Gasteiger partial charge is 0.456 e. The summed E-state index contributed by atoms with van der Waals surface area (Å²) in [7, 11) is 0. The van der Waals surface area contributed by atoms with E-state index in [9.17, 15) is 0 Å². The molecule has 2 aliphatic heterocycles. The topological polar surface area (TPSA) is 21.3 Å². The van der Waals surface area contributed by atoms with Gasteiger partial charge in [0.2, 0.25) is 0 Å². The molecule has 0 amide bonds. The van der Waals surface area contributed by atoms with E-state index >= 15 is 0 Å². The lowest BCUT2D eigenvalue weighted by Crippen LogP contribution is -2.61. The van der Waals surface area contributed by atoms with Crippen LogP contribution in [0.1, 0.15) is 52.7 Å². The molecule has 86 heavy (non-hydrogen) atoms. The Kier molecular flexibility index (Phi) is 10.9. The molecular weight excluding hydrogens is 1040 g/mol. The molecule has 2 aliphatic rings. The van der Waals surface area contributed by atoms with Gasteiger partial charge in [-0.2, -0.15) is 0 Å². The lowest BCUT2D eigenvalue weighted by atomic mass is 9.33. The summed E-state index contributed by atoms with van der Waals surface area (Å²) in [6.45, 7) is 13.9. The maximum absolute atomic E-state index is 7.05. The van der Waals surface area contributed by atoms with Crippen molar-refractivity contribution in [1.82, 2.24) is 4.57 Å². The molecule has 0 saturated heterocycles. The monoisotopic (exact) mass is 1100 g/mol. The van der Waals surface area contributed by atoms with Crippen molar-refractivity contribution in [3.05, 3.63) is 272 Å². The summed E-state index contributed by atoms with van der Waals surface area (Å²) in [5.74, 6) is 0. The van der Waals surface area contributed by atoms with Crippen LogP contribution in [-0.4, -0.2) is 11.3 Å². The SMILES string of the molecule is CC(C)(C)c1cc(-c2cccc(-c3ccccc3)c2N2c3cc4c(cc3B3c5c2cc(-c2cc6ccccc6c6ccccc26)cc5-n2c5cc(-c6ccccc6)ccc5c5ccc(-c6ccccc6)c3c52)oc2ccccc24)cc(C(C)(C)C)c1. The summed E-state index contributed by atoms with van der Waals surface area (Å²) in [6, 6.07) is 98.4. The first-order valence-corrected chi connectivity index (χ1v) is 30.3. The fourth-order valence-corrected chi connectivity index (χ4v) is 14.6. The van der Waals surface area contributed by atoms with Crippen LogP contribution < -0.4 is 21.3 Å². The molecule has 13 aromatic carbocycles. The van der Waals surface area contributed by atoms with E-state index < -0.39 is 0 Å². The minimum Gasteiger partial charge on any atom is -0.456 e. The minimum absolute atomic E-state index is 0.114. The van der Waals surface area contributed by atoms with E-state index in [1.54, 1.807) is 0 Å². The molecule has 0 fully saturated rings. The molecular formula is C82H61BN2O. The van der Waals surface area contributed by atoms with Crippen LogP contribution in [0.3, 0.4) is 0 Å². The van der Waals surface area contributed by atoms with E-state index in [0.717, 1.165) is 55.7 Å².